The highest BCUT2D eigenvalue weighted by Gasteiger charge is 2.17. The third kappa shape index (κ3) is 2.62. The van der Waals surface area contributed by atoms with Crippen LogP contribution in [0.25, 0.3) is 0 Å². The summed E-state index contributed by atoms with van der Waals surface area (Å²) in [5.74, 6) is -0.746. The van der Waals surface area contributed by atoms with Crippen molar-refractivity contribution in [3.63, 3.8) is 0 Å². The second-order valence-electron chi connectivity index (χ2n) is 3.37. The SMILES string of the molecule is O=C(O)c1cc(C(S)c2ccc(Cl)cc2)on1. The number of carboxylic acids is 1. The number of benzene rings is 1. The van der Waals surface area contributed by atoms with E-state index in [2.05, 4.69) is 17.8 Å². The van der Waals surface area contributed by atoms with Gasteiger partial charge in [-0.15, -0.1) is 0 Å². The van der Waals surface area contributed by atoms with Crippen molar-refractivity contribution in [2.24, 2.45) is 0 Å². The lowest BCUT2D eigenvalue weighted by Crippen LogP contribution is -1.95. The quantitative estimate of drug-likeness (QED) is 0.841. The maximum atomic E-state index is 10.7. The van der Waals surface area contributed by atoms with E-state index in [-0.39, 0.29) is 10.9 Å². The summed E-state index contributed by atoms with van der Waals surface area (Å²) in [6.45, 7) is 0. The third-order valence-electron chi connectivity index (χ3n) is 2.20. The highest BCUT2D eigenvalue weighted by Crippen LogP contribution is 2.29. The second kappa shape index (κ2) is 4.81. The molecule has 0 saturated heterocycles. The molecule has 17 heavy (non-hydrogen) atoms. The van der Waals surface area contributed by atoms with Crippen molar-refractivity contribution in [3.8, 4) is 0 Å². The molecule has 0 fully saturated rings. The van der Waals surface area contributed by atoms with Gasteiger partial charge in [0, 0.05) is 11.1 Å². The van der Waals surface area contributed by atoms with E-state index in [0.717, 1.165) is 5.56 Å². The Morgan fingerprint density at radius 3 is 2.59 bits per heavy atom. The van der Waals surface area contributed by atoms with Gasteiger partial charge in [-0.2, -0.15) is 12.6 Å². The average Bonchev–Trinajstić information content (AvgIpc) is 2.78. The Labute approximate surface area is 108 Å². The zero-order chi connectivity index (χ0) is 12.4. The number of carbonyl (C=O) groups is 1. The number of hydrogen-bond acceptors (Lipinski definition) is 4. The van der Waals surface area contributed by atoms with Crippen LogP contribution in [0.1, 0.15) is 27.1 Å². The Morgan fingerprint density at radius 2 is 2.06 bits per heavy atom. The molecule has 1 aromatic heterocycles. The van der Waals surface area contributed by atoms with E-state index in [1.54, 1.807) is 24.3 Å². The molecule has 2 aromatic rings. The number of halogens is 1. The van der Waals surface area contributed by atoms with Crippen LogP contribution in [0.3, 0.4) is 0 Å². The van der Waals surface area contributed by atoms with Gasteiger partial charge < -0.3 is 9.63 Å². The number of thiol groups is 1. The number of hydrogen-bond donors (Lipinski definition) is 2. The van der Waals surface area contributed by atoms with E-state index in [9.17, 15) is 4.79 Å². The molecule has 1 heterocycles. The Balaban J connectivity index is 2.27. The van der Waals surface area contributed by atoms with Gasteiger partial charge in [-0.3, -0.25) is 0 Å². The molecule has 1 N–H and O–H groups in total. The lowest BCUT2D eigenvalue weighted by molar-refractivity contribution is 0.0685. The fourth-order valence-corrected chi connectivity index (χ4v) is 1.75. The summed E-state index contributed by atoms with van der Waals surface area (Å²) in [5.41, 5.74) is 0.721. The molecule has 0 radical (unpaired) electrons. The van der Waals surface area contributed by atoms with Gasteiger partial charge in [0.05, 0.1) is 5.25 Å². The molecule has 1 atom stereocenters. The summed E-state index contributed by atoms with van der Waals surface area (Å²) in [6.07, 6.45) is 0. The van der Waals surface area contributed by atoms with Crippen LogP contribution in [-0.4, -0.2) is 16.2 Å². The molecule has 0 saturated carbocycles. The van der Waals surface area contributed by atoms with Crippen LogP contribution in [-0.2, 0) is 0 Å². The summed E-state index contributed by atoms with van der Waals surface area (Å²) in [7, 11) is 0. The molecule has 1 aromatic carbocycles. The van der Waals surface area contributed by atoms with E-state index in [1.807, 2.05) is 0 Å². The Bertz CT molecular complexity index is 538. The van der Waals surface area contributed by atoms with Gasteiger partial charge in [-0.25, -0.2) is 4.79 Å². The van der Waals surface area contributed by atoms with Crippen LogP contribution in [0.15, 0.2) is 34.9 Å². The standard InChI is InChI=1S/C11H8ClNO3S/c12-7-3-1-6(2-4-7)10(17)9-5-8(11(14)15)13-16-9/h1-5,10,17H,(H,14,15). The highest BCUT2D eigenvalue weighted by atomic mass is 35.5. The molecule has 0 aliphatic heterocycles. The molecule has 2 rings (SSSR count). The van der Waals surface area contributed by atoms with Gasteiger partial charge in [0.2, 0.25) is 0 Å². The van der Waals surface area contributed by atoms with Crippen LogP contribution in [0, 0.1) is 0 Å². The van der Waals surface area contributed by atoms with Crippen LogP contribution in [0.4, 0.5) is 0 Å². The van der Waals surface area contributed by atoms with Gasteiger partial charge in [-0.05, 0) is 17.7 Å². The lowest BCUT2D eigenvalue weighted by Gasteiger charge is -2.06. The minimum absolute atomic E-state index is 0.131. The number of aromatic carboxylic acids is 1. The third-order valence-corrected chi connectivity index (χ3v) is 3.01. The molecule has 6 heteroatoms. The second-order valence-corrected chi connectivity index (χ2v) is 4.33. The fraction of sp³-hybridized carbons (Fsp3) is 0.0909. The van der Waals surface area contributed by atoms with Gasteiger partial charge in [0.25, 0.3) is 0 Å². The number of aromatic nitrogens is 1. The van der Waals surface area contributed by atoms with E-state index in [1.165, 1.54) is 6.07 Å². The molecule has 0 amide bonds. The summed E-state index contributed by atoms with van der Waals surface area (Å²) in [5, 5.41) is 12.4. The van der Waals surface area contributed by atoms with Crippen molar-refractivity contribution in [2.75, 3.05) is 0 Å². The Kier molecular flexibility index (Phi) is 3.40. The monoisotopic (exact) mass is 269 g/mol. The van der Waals surface area contributed by atoms with Gasteiger partial charge in [0.15, 0.2) is 11.5 Å². The molecule has 0 bridgehead atoms. The van der Waals surface area contributed by atoms with Crippen molar-refractivity contribution in [2.45, 2.75) is 5.25 Å². The largest absolute Gasteiger partial charge is 0.476 e. The molecular weight excluding hydrogens is 262 g/mol. The van der Waals surface area contributed by atoms with E-state index < -0.39 is 5.97 Å². The zero-order valence-electron chi connectivity index (χ0n) is 8.50. The normalized spacial score (nSPS) is 12.4. The van der Waals surface area contributed by atoms with E-state index >= 15 is 0 Å². The minimum Gasteiger partial charge on any atom is -0.476 e. The number of carboxylic acid groups (broad SMARTS) is 1. The first-order valence-corrected chi connectivity index (χ1v) is 5.61. The topological polar surface area (TPSA) is 63.3 Å². The number of nitrogens with zero attached hydrogens (tertiary/aromatic N) is 1. The van der Waals surface area contributed by atoms with Crippen molar-refractivity contribution in [3.05, 3.63) is 52.4 Å². The minimum atomic E-state index is -1.13. The fourth-order valence-electron chi connectivity index (χ4n) is 1.33. The van der Waals surface area contributed by atoms with Crippen molar-refractivity contribution >= 4 is 30.2 Å². The van der Waals surface area contributed by atoms with Crippen LogP contribution < -0.4 is 0 Å². The predicted octanol–water partition coefficient (Wildman–Crippen LogP) is 3.05. The van der Waals surface area contributed by atoms with Gasteiger partial charge in [0.1, 0.15) is 0 Å². The highest BCUT2D eigenvalue weighted by molar-refractivity contribution is 7.80. The maximum Gasteiger partial charge on any atom is 0.358 e. The zero-order valence-corrected chi connectivity index (χ0v) is 10.2. The van der Waals surface area contributed by atoms with Crippen LogP contribution in [0.5, 0.6) is 0 Å². The lowest BCUT2D eigenvalue weighted by atomic mass is 10.1. The van der Waals surface area contributed by atoms with Crippen molar-refractivity contribution in [1.82, 2.24) is 5.16 Å². The summed E-state index contributed by atoms with van der Waals surface area (Å²) in [4.78, 5) is 10.7. The van der Waals surface area contributed by atoms with Crippen molar-refractivity contribution in [1.29, 1.82) is 0 Å². The van der Waals surface area contributed by atoms with Crippen LogP contribution >= 0.6 is 24.2 Å². The maximum absolute atomic E-state index is 10.7. The summed E-state index contributed by atoms with van der Waals surface area (Å²) >= 11 is 10.1. The number of rotatable bonds is 3. The summed E-state index contributed by atoms with van der Waals surface area (Å²) in [6, 6.07) is 8.41. The first-order chi connectivity index (χ1) is 8.08. The van der Waals surface area contributed by atoms with Crippen LogP contribution in [0.2, 0.25) is 5.02 Å². The molecule has 88 valence electrons. The van der Waals surface area contributed by atoms with E-state index in [0.29, 0.717) is 10.8 Å². The molecule has 0 spiro atoms. The molecule has 1 unspecified atom stereocenters. The molecule has 0 aliphatic carbocycles. The van der Waals surface area contributed by atoms with E-state index in [4.69, 9.17) is 21.2 Å². The smallest absolute Gasteiger partial charge is 0.358 e. The Morgan fingerprint density at radius 1 is 1.41 bits per heavy atom. The predicted molar refractivity (Wildman–Crippen MR) is 65.7 cm³/mol. The van der Waals surface area contributed by atoms with Gasteiger partial charge >= 0.3 is 5.97 Å². The molecule has 0 aliphatic rings. The van der Waals surface area contributed by atoms with Gasteiger partial charge in [-0.1, -0.05) is 28.9 Å². The molecular formula is C11H8ClNO3S. The average molecular weight is 270 g/mol. The summed E-state index contributed by atoms with van der Waals surface area (Å²) < 4.78 is 4.93. The molecule has 4 nitrogen and oxygen atoms in total. The van der Waals surface area contributed by atoms with Crippen molar-refractivity contribution < 1.29 is 14.4 Å². The Hall–Kier alpha value is -1.46. The first-order valence-electron chi connectivity index (χ1n) is 4.71. The first kappa shape index (κ1) is 12.0.